The number of aromatic nitrogens is 2. The van der Waals surface area contributed by atoms with Gasteiger partial charge in [-0.2, -0.15) is 5.10 Å². The minimum atomic E-state index is -3.27. The second kappa shape index (κ2) is 9.87. The van der Waals surface area contributed by atoms with Gasteiger partial charge >= 0.3 is 0 Å². The zero-order chi connectivity index (χ0) is 24.6. The summed E-state index contributed by atoms with van der Waals surface area (Å²) in [7, 11) is -1.12. The van der Waals surface area contributed by atoms with Crippen molar-refractivity contribution < 1.29 is 8.42 Å². The highest BCUT2D eigenvalue weighted by atomic mass is 35.5. The Morgan fingerprint density at radius 1 is 0.943 bits per heavy atom. The normalized spacial score (nSPS) is 15.5. The van der Waals surface area contributed by atoms with Crippen LogP contribution < -0.4 is 0 Å². The number of piperazine rings is 1. The predicted molar refractivity (Wildman–Crippen MR) is 143 cm³/mol. The zero-order valence-electron chi connectivity index (χ0n) is 19.7. The molecule has 1 saturated heterocycles. The fourth-order valence-electron chi connectivity index (χ4n) is 4.24. The summed E-state index contributed by atoms with van der Waals surface area (Å²) < 4.78 is 26.0. The molecular formula is C26H27ClN4O2S2. The van der Waals surface area contributed by atoms with Crippen molar-refractivity contribution in [3.63, 3.8) is 0 Å². The standard InChI is InChI=1S/C26H27ClN4O2S2/c1-29-12-14-30(15-13-29)18-20-17-24(31(28-20)23-9-4-3-8-22(23)27)26-11-10-25(34-26)19-6-5-7-21(16-19)35(2,32)33/h3-11,16-17H,12-15,18H2,1-2H3. The van der Waals surface area contributed by atoms with E-state index in [-0.39, 0.29) is 0 Å². The molecule has 0 radical (unpaired) electrons. The molecule has 1 aliphatic rings. The van der Waals surface area contributed by atoms with Crippen LogP contribution in [0.3, 0.4) is 0 Å². The van der Waals surface area contributed by atoms with E-state index in [9.17, 15) is 8.42 Å². The van der Waals surface area contributed by atoms with Gasteiger partial charge in [0, 0.05) is 43.9 Å². The van der Waals surface area contributed by atoms with E-state index < -0.39 is 9.84 Å². The van der Waals surface area contributed by atoms with Gasteiger partial charge < -0.3 is 4.90 Å². The van der Waals surface area contributed by atoms with Gasteiger partial charge in [0.05, 0.1) is 31.9 Å². The van der Waals surface area contributed by atoms with Gasteiger partial charge in [-0.1, -0.05) is 35.9 Å². The van der Waals surface area contributed by atoms with Crippen LogP contribution in [-0.4, -0.2) is 67.5 Å². The molecule has 3 heterocycles. The number of likely N-dealkylation sites (N-methyl/N-ethyl adjacent to an activating group) is 1. The molecule has 0 bridgehead atoms. The number of halogens is 1. The number of benzene rings is 2. The molecule has 182 valence electrons. The molecule has 35 heavy (non-hydrogen) atoms. The van der Waals surface area contributed by atoms with Crippen LogP contribution in [0, 0.1) is 0 Å². The van der Waals surface area contributed by atoms with E-state index in [1.165, 1.54) is 6.26 Å². The molecule has 0 atom stereocenters. The monoisotopic (exact) mass is 526 g/mol. The maximum Gasteiger partial charge on any atom is 0.175 e. The second-order valence-electron chi connectivity index (χ2n) is 8.93. The summed E-state index contributed by atoms with van der Waals surface area (Å²) in [6.07, 6.45) is 1.23. The lowest BCUT2D eigenvalue weighted by Crippen LogP contribution is -2.43. The molecule has 0 spiro atoms. The Bertz CT molecular complexity index is 1450. The highest BCUT2D eigenvalue weighted by Crippen LogP contribution is 2.37. The molecule has 0 unspecified atom stereocenters. The van der Waals surface area contributed by atoms with Crippen LogP contribution in [0.1, 0.15) is 5.69 Å². The van der Waals surface area contributed by atoms with E-state index in [2.05, 4.69) is 29.0 Å². The van der Waals surface area contributed by atoms with E-state index >= 15 is 0 Å². The summed E-state index contributed by atoms with van der Waals surface area (Å²) in [5.74, 6) is 0. The Morgan fingerprint density at radius 2 is 1.69 bits per heavy atom. The Hall–Kier alpha value is -2.49. The number of hydrogen-bond donors (Lipinski definition) is 0. The quantitative estimate of drug-likeness (QED) is 0.351. The highest BCUT2D eigenvalue weighted by molar-refractivity contribution is 7.90. The molecule has 5 rings (SSSR count). The molecule has 0 saturated carbocycles. The zero-order valence-corrected chi connectivity index (χ0v) is 22.1. The molecule has 1 aliphatic heterocycles. The summed E-state index contributed by atoms with van der Waals surface area (Å²) in [6, 6.07) is 21.1. The van der Waals surface area contributed by atoms with Gasteiger partial charge in [0.25, 0.3) is 0 Å². The summed E-state index contributed by atoms with van der Waals surface area (Å²) >= 11 is 8.18. The van der Waals surface area contributed by atoms with E-state index in [4.69, 9.17) is 16.7 Å². The van der Waals surface area contributed by atoms with Crippen molar-refractivity contribution in [2.24, 2.45) is 0 Å². The summed E-state index contributed by atoms with van der Waals surface area (Å²) in [5, 5.41) is 5.60. The van der Waals surface area contributed by atoms with Crippen LogP contribution >= 0.6 is 22.9 Å². The smallest absolute Gasteiger partial charge is 0.175 e. The molecule has 6 nitrogen and oxygen atoms in total. The van der Waals surface area contributed by atoms with Crippen LogP contribution in [0.15, 0.2) is 71.6 Å². The Morgan fingerprint density at radius 3 is 2.43 bits per heavy atom. The number of para-hydroxylation sites is 1. The summed E-state index contributed by atoms with van der Waals surface area (Å²) in [4.78, 5) is 7.14. The first-order valence-electron chi connectivity index (χ1n) is 11.4. The predicted octanol–water partition coefficient (Wildman–Crippen LogP) is 5.07. The minimum Gasteiger partial charge on any atom is -0.304 e. The van der Waals surface area contributed by atoms with Crippen molar-refractivity contribution >= 4 is 32.8 Å². The third kappa shape index (κ3) is 5.37. The van der Waals surface area contributed by atoms with Crippen molar-refractivity contribution in [2.75, 3.05) is 39.5 Å². The number of thiophene rings is 1. The molecule has 4 aromatic rings. The van der Waals surface area contributed by atoms with Crippen LogP contribution in [0.2, 0.25) is 5.02 Å². The Labute approximate surface area is 215 Å². The maximum absolute atomic E-state index is 12.0. The molecule has 2 aromatic carbocycles. The topological polar surface area (TPSA) is 58.4 Å². The van der Waals surface area contributed by atoms with Gasteiger partial charge in [0.1, 0.15) is 0 Å². The lowest BCUT2D eigenvalue weighted by Gasteiger charge is -2.31. The minimum absolute atomic E-state index is 0.320. The molecule has 1 fully saturated rings. The molecular weight excluding hydrogens is 500 g/mol. The first-order valence-corrected chi connectivity index (χ1v) is 14.5. The Balaban J connectivity index is 1.52. The van der Waals surface area contributed by atoms with Crippen LogP contribution in [0.5, 0.6) is 0 Å². The molecule has 2 aromatic heterocycles. The first kappa shape index (κ1) is 24.2. The molecule has 0 amide bonds. The van der Waals surface area contributed by atoms with Gasteiger partial charge in [-0.05, 0) is 55.1 Å². The van der Waals surface area contributed by atoms with Crippen LogP contribution in [-0.2, 0) is 16.4 Å². The number of sulfone groups is 1. The fourth-order valence-corrected chi connectivity index (χ4v) is 6.12. The molecule has 9 heteroatoms. The van der Waals surface area contributed by atoms with Crippen molar-refractivity contribution in [3.8, 4) is 26.7 Å². The lowest BCUT2D eigenvalue weighted by atomic mass is 10.2. The number of rotatable bonds is 6. The van der Waals surface area contributed by atoms with Crippen molar-refractivity contribution in [1.29, 1.82) is 0 Å². The average Bonchev–Trinajstić information content (AvgIpc) is 3.48. The third-order valence-corrected chi connectivity index (χ3v) is 8.81. The van der Waals surface area contributed by atoms with E-state index in [0.29, 0.717) is 9.92 Å². The first-order chi connectivity index (χ1) is 16.8. The fraction of sp³-hybridized carbons (Fsp3) is 0.269. The second-order valence-corrected chi connectivity index (χ2v) is 12.4. The van der Waals surface area contributed by atoms with Gasteiger partial charge in [0.15, 0.2) is 9.84 Å². The maximum atomic E-state index is 12.0. The van der Waals surface area contributed by atoms with E-state index in [1.54, 1.807) is 29.5 Å². The third-order valence-electron chi connectivity index (χ3n) is 6.23. The average molecular weight is 527 g/mol. The Kier molecular flexibility index (Phi) is 6.83. The summed E-state index contributed by atoms with van der Waals surface area (Å²) in [5.41, 5.74) is 3.68. The number of nitrogens with zero attached hydrogens (tertiary/aromatic N) is 4. The highest BCUT2D eigenvalue weighted by Gasteiger charge is 2.20. The lowest BCUT2D eigenvalue weighted by molar-refractivity contribution is 0.147. The summed E-state index contributed by atoms with van der Waals surface area (Å²) in [6.45, 7) is 4.93. The molecule has 0 aliphatic carbocycles. The van der Waals surface area contributed by atoms with Gasteiger partial charge in [-0.3, -0.25) is 4.90 Å². The molecule has 0 N–H and O–H groups in total. The largest absolute Gasteiger partial charge is 0.304 e. The van der Waals surface area contributed by atoms with Gasteiger partial charge in [-0.25, -0.2) is 13.1 Å². The van der Waals surface area contributed by atoms with Crippen molar-refractivity contribution in [2.45, 2.75) is 11.4 Å². The SMILES string of the molecule is CN1CCN(Cc2cc(-c3ccc(-c4cccc(S(C)(=O)=O)c4)s3)n(-c3ccccc3Cl)n2)CC1. The van der Waals surface area contributed by atoms with Crippen LogP contribution in [0.4, 0.5) is 0 Å². The van der Waals surface area contributed by atoms with E-state index in [1.807, 2.05) is 41.1 Å². The van der Waals surface area contributed by atoms with E-state index in [0.717, 1.165) is 65.1 Å². The van der Waals surface area contributed by atoms with Crippen LogP contribution in [0.25, 0.3) is 26.7 Å². The van der Waals surface area contributed by atoms with Crippen molar-refractivity contribution in [1.82, 2.24) is 19.6 Å². The number of hydrogen-bond acceptors (Lipinski definition) is 6. The van der Waals surface area contributed by atoms with Gasteiger partial charge in [-0.15, -0.1) is 11.3 Å². The van der Waals surface area contributed by atoms with Crippen molar-refractivity contribution in [3.05, 3.63) is 77.4 Å². The van der Waals surface area contributed by atoms with Gasteiger partial charge in [0.2, 0.25) is 0 Å².